The molecule has 0 saturated heterocycles. The van der Waals surface area contributed by atoms with E-state index in [-0.39, 0.29) is 29.7 Å². The average molecular weight is 361 g/mol. The summed E-state index contributed by atoms with van der Waals surface area (Å²) in [6.07, 6.45) is 0. The van der Waals surface area contributed by atoms with Crippen LogP contribution in [0.4, 0.5) is 0 Å². The molecule has 0 bridgehead atoms. The number of amides is 1. The molecule has 136 valence electrons. The van der Waals surface area contributed by atoms with Gasteiger partial charge in [-0.3, -0.25) is 9.59 Å². The molecule has 0 saturated carbocycles. The Morgan fingerprint density at radius 1 is 1.11 bits per heavy atom. The summed E-state index contributed by atoms with van der Waals surface area (Å²) >= 11 is 0. The molecule has 2 heterocycles. The first-order chi connectivity index (χ1) is 13.0. The van der Waals surface area contributed by atoms with Gasteiger partial charge in [0.05, 0.1) is 29.0 Å². The largest absolute Gasteiger partial charge is 0.343 e. The molecule has 2 aromatic heterocycles. The van der Waals surface area contributed by atoms with E-state index in [9.17, 15) is 9.59 Å². The van der Waals surface area contributed by atoms with Gasteiger partial charge in [0.2, 0.25) is 0 Å². The Labute approximate surface area is 155 Å². The van der Waals surface area contributed by atoms with Gasteiger partial charge in [-0.25, -0.2) is 9.67 Å². The second kappa shape index (κ2) is 6.68. The predicted octanol–water partition coefficient (Wildman–Crippen LogP) is 2.78. The molecule has 0 atom stereocenters. The molecular formula is C20H19N5O2. The van der Waals surface area contributed by atoms with E-state index in [0.29, 0.717) is 16.6 Å². The van der Waals surface area contributed by atoms with Crippen LogP contribution in [0.25, 0.3) is 21.8 Å². The molecule has 27 heavy (non-hydrogen) atoms. The van der Waals surface area contributed by atoms with Crippen molar-refractivity contribution in [2.75, 3.05) is 0 Å². The number of carbonyl (C=O) groups excluding carboxylic acids is 1. The molecule has 2 N–H and O–H groups in total. The summed E-state index contributed by atoms with van der Waals surface area (Å²) in [7, 11) is 0. The highest BCUT2D eigenvalue weighted by Crippen LogP contribution is 2.15. The number of rotatable bonds is 4. The number of H-pyrrole nitrogens is 1. The van der Waals surface area contributed by atoms with Crippen LogP contribution in [-0.2, 0) is 6.54 Å². The second-order valence-corrected chi connectivity index (χ2v) is 6.62. The number of aromatic amines is 1. The van der Waals surface area contributed by atoms with Crippen molar-refractivity contribution in [3.8, 4) is 0 Å². The van der Waals surface area contributed by atoms with Crippen LogP contribution in [0.2, 0.25) is 0 Å². The van der Waals surface area contributed by atoms with Crippen LogP contribution in [0, 0.1) is 0 Å². The van der Waals surface area contributed by atoms with Crippen LogP contribution >= 0.6 is 0 Å². The molecule has 0 aliphatic rings. The fourth-order valence-corrected chi connectivity index (χ4v) is 3.06. The van der Waals surface area contributed by atoms with Gasteiger partial charge in [-0.2, -0.15) is 5.10 Å². The molecule has 0 radical (unpaired) electrons. The van der Waals surface area contributed by atoms with Gasteiger partial charge in [-0.1, -0.05) is 30.3 Å². The number of aromatic nitrogens is 4. The maximum absolute atomic E-state index is 12.8. The quantitative estimate of drug-likeness (QED) is 0.584. The first-order valence-corrected chi connectivity index (χ1v) is 8.78. The summed E-state index contributed by atoms with van der Waals surface area (Å²) in [5, 5.41) is 8.18. The minimum Gasteiger partial charge on any atom is -0.343 e. The fourth-order valence-electron chi connectivity index (χ4n) is 3.06. The zero-order valence-electron chi connectivity index (χ0n) is 15.1. The van der Waals surface area contributed by atoms with Crippen molar-refractivity contribution >= 4 is 27.7 Å². The number of nitrogens with zero attached hydrogens (tertiary/aromatic N) is 3. The van der Waals surface area contributed by atoms with E-state index in [2.05, 4.69) is 20.4 Å². The summed E-state index contributed by atoms with van der Waals surface area (Å²) in [6.45, 7) is 3.96. The number of imidazole rings is 1. The Hall–Kier alpha value is -3.48. The van der Waals surface area contributed by atoms with E-state index >= 15 is 0 Å². The predicted molar refractivity (Wildman–Crippen MR) is 104 cm³/mol. The van der Waals surface area contributed by atoms with E-state index < -0.39 is 0 Å². The number of carbonyl (C=O) groups is 1. The molecule has 0 spiro atoms. The number of fused-ring (bicyclic) bond motifs is 2. The lowest BCUT2D eigenvalue weighted by atomic mass is 10.1. The monoisotopic (exact) mass is 361 g/mol. The van der Waals surface area contributed by atoms with E-state index in [0.717, 1.165) is 11.0 Å². The van der Waals surface area contributed by atoms with Gasteiger partial charge >= 0.3 is 0 Å². The summed E-state index contributed by atoms with van der Waals surface area (Å²) in [5.41, 5.74) is 1.79. The Kier molecular flexibility index (Phi) is 4.19. The number of hydrogen-bond donors (Lipinski definition) is 2. The molecule has 4 aromatic rings. The van der Waals surface area contributed by atoms with Crippen LogP contribution in [0.1, 0.15) is 36.2 Å². The number of hydrogen-bond acceptors (Lipinski definition) is 4. The smallest absolute Gasteiger partial charge is 0.274 e. The number of nitrogens with one attached hydrogen (secondary N) is 2. The van der Waals surface area contributed by atoms with Crippen molar-refractivity contribution in [1.82, 2.24) is 25.1 Å². The normalized spacial score (nSPS) is 11.4. The zero-order valence-corrected chi connectivity index (χ0v) is 15.1. The average Bonchev–Trinajstić information content (AvgIpc) is 3.09. The molecule has 7 nitrogen and oxygen atoms in total. The maximum Gasteiger partial charge on any atom is 0.274 e. The standard InChI is InChI=1S/C20H19N5O2/c1-12(2)25-20(27)14-8-4-3-7-13(14)18(24-25)19(26)21-11-17-22-15-9-5-6-10-16(15)23-17/h3-10,12H,11H2,1-2H3,(H,21,26)(H,22,23). The highest BCUT2D eigenvalue weighted by atomic mass is 16.2. The molecule has 1 amide bonds. The lowest BCUT2D eigenvalue weighted by Gasteiger charge is -2.13. The Balaban J connectivity index is 1.67. The minimum absolute atomic E-state index is 0.149. The first kappa shape index (κ1) is 17.0. The SMILES string of the molecule is CC(C)n1nc(C(=O)NCc2nc3ccccc3[nH]2)c2ccccc2c1=O. The van der Waals surface area contributed by atoms with Crippen LogP contribution in [-0.4, -0.2) is 25.7 Å². The maximum atomic E-state index is 12.8. The van der Waals surface area contributed by atoms with E-state index in [1.54, 1.807) is 24.3 Å². The van der Waals surface area contributed by atoms with Gasteiger partial charge in [0.1, 0.15) is 5.82 Å². The van der Waals surface area contributed by atoms with Gasteiger partial charge in [0, 0.05) is 5.39 Å². The lowest BCUT2D eigenvalue weighted by molar-refractivity contribution is 0.0944. The molecule has 4 rings (SSSR count). The van der Waals surface area contributed by atoms with Gasteiger partial charge < -0.3 is 10.3 Å². The van der Waals surface area contributed by atoms with Gasteiger partial charge in [-0.05, 0) is 32.0 Å². The topological polar surface area (TPSA) is 92.7 Å². The van der Waals surface area contributed by atoms with E-state index in [1.807, 2.05) is 38.1 Å². The number of benzene rings is 2. The van der Waals surface area contributed by atoms with Crippen LogP contribution < -0.4 is 10.9 Å². The van der Waals surface area contributed by atoms with Crippen molar-refractivity contribution in [3.63, 3.8) is 0 Å². The third kappa shape index (κ3) is 3.08. The van der Waals surface area contributed by atoms with Crippen molar-refractivity contribution in [3.05, 3.63) is 70.4 Å². The molecule has 2 aromatic carbocycles. The highest BCUT2D eigenvalue weighted by Gasteiger charge is 2.18. The molecule has 0 unspecified atom stereocenters. The van der Waals surface area contributed by atoms with Gasteiger partial charge in [0.15, 0.2) is 5.69 Å². The molecular weight excluding hydrogens is 342 g/mol. The van der Waals surface area contributed by atoms with E-state index in [4.69, 9.17) is 0 Å². The minimum atomic E-state index is -0.346. The third-order valence-electron chi connectivity index (χ3n) is 4.39. The summed E-state index contributed by atoms with van der Waals surface area (Å²) in [5.74, 6) is 0.312. The van der Waals surface area contributed by atoms with E-state index in [1.165, 1.54) is 4.68 Å². The zero-order chi connectivity index (χ0) is 19.0. The van der Waals surface area contributed by atoms with Crippen molar-refractivity contribution in [2.24, 2.45) is 0 Å². The molecule has 0 aliphatic carbocycles. The second-order valence-electron chi connectivity index (χ2n) is 6.62. The summed E-state index contributed by atoms with van der Waals surface area (Å²) in [6, 6.07) is 14.6. The van der Waals surface area contributed by atoms with Gasteiger partial charge in [0.25, 0.3) is 11.5 Å². The molecule has 0 fully saturated rings. The Morgan fingerprint density at radius 2 is 1.81 bits per heavy atom. The Morgan fingerprint density at radius 3 is 2.56 bits per heavy atom. The van der Waals surface area contributed by atoms with Crippen molar-refractivity contribution in [2.45, 2.75) is 26.4 Å². The van der Waals surface area contributed by atoms with Crippen LogP contribution in [0.3, 0.4) is 0 Å². The first-order valence-electron chi connectivity index (χ1n) is 8.78. The molecule has 7 heteroatoms. The highest BCUT2D eigenvalue weighted by molar-refractivity contribution is 6.04. The lowest BCUT2D eigenvalue weighted by Crippen LogP contribution is -2.31. The van der Waals surface area contributed by atoms with Crippen LogP contribution in [0.5, 0.6) is 0 Å². The van der Waals surface area contributed by atoms with Crippen molar-refractivity contribution < 1.29 is 4.79 Å². The summed E-state index contributed by atoms with van der Waals surface area (Å²) in [4.78, 5) is 33.0. The summed E-state index contributed by atoms with van der Waals surface area (Å²) < 4.78 is 1.35. The number of para-hydroxylation sites is 2. The Bertz CT molecular complexity index is 1170. The fraction of sp³-hybridized carbons (Fsp3) is 0.200. The third-order valence-corrected chi connectivity index (χ3v) is 4.39. The van der Waals surface area contributed by atoms with Crippen molar-refractivity contribution in [1.29, 1.82) is 0 Å². The van der Waals surface area contributed by atoms with Gasteiger partial charge in [-0.15, -0.1) is 0 Å². The molecule has 0 aliphatic heterocycles. The van der Waals surface area contributed by atoms with Crippen LogP contribution in [0.15, 0.2) is 53.3 Å².